The number of nitriles is 1. The normalized spacial score (nSPS) is 12.0. The molecule has 0 aliphatic carbocycles. The summed E-state index contributed by atoms with van der Waals surface area (Å²) in [5.74, 6) is -1.43. The van der Waals surface area contributed by atoms with Crippen LogP contribution in [0.15, 0.2) is 212 Å². The highest BCUT2D eigenvalue weighted by atomic mass is 19.1. The van der Waals surface area contributed by atoms with Crippen molar-refractivity contribution in [3.05, 3.63) is 230 Å². The van der Waals surface area contributed by atoms with E-state index in [4.69, 9.17) is 0 Å². The maximum Gasteiger partial charge on any atom is 0.134 e. The van der Waals surface area contributed by atoms with Gasteiger partial charge < -0.3 is 18.3 Å². The smallest absolute Gasteiger partial charge is 0.134 e. The van der Waals surface area contributed by atoms with E-state index in [1.165, 1.54) is 29.0 Å². The maximum atomic E-state index is 16.3. The molecule has 318 valence electrons. The predicted molar refractivity (Wildman–Crippen MR) is 274 cm³/mol. The molecule has 0 atom stereocenters. The average molecular weight is 876 g/mol. The van der Waals surface area contributed by atoms with Crippen LogP contribution in [0.25, 0.3) is 121 Å². The molecule has 7 heteroatoms. The molecule has 10 aromatic carbocycles. The molecule has 0 radical (unpaired) electrons. The summed E-state index contributed by atoms with van der Waals surface area (Å²) < 4.78 is 41.3. The molecule has 0 aliphatic heterocycles. The molecule has 14 rings (SSSR count). The van der Waals surface area contributed by atoms with E-state index < -0.39 is 11.6 Å². The molecule has 4 heterocycles. The lowest BCUT2D eigenvalue weighted by atomic mass is 9.97. The molecule has 0 amide bonds. The van der Waals surface area contributed by atoms with Crippen LogP contribution < -0.4 is 0 Å². The second kappa shape index (κ2) is 14.4. The molecule has 0 saturated carbocycles. The van der Waals surface area contributed by atoms with Crippen molar-refractivity contribution in [1.82, 2.24) is 18.3 Å². The van der Waals surface area contributed by atoms with Crippen molar-refractivity contribution in [1.29, 1.82) is 5.26 Å². The quantitative estimate of drug-likeness (QED) is 0.170. The summed E-state index contributed by atoms with van der Waals surface area (Å²) in [4.78, 5) is 0. The summed E-state index contributed by atoms with van der Waals surface area (Å²) in [6.45, 7) is 0. The number of aromatic nitrogens is 4. The van der Waals surface area contributed by atoms with E-state index in [2.05, 4.69) is 171 Å². The van der Waals surface area contributed by atoms with E-state index in [0.29, 0.717) is 11.4 Å². The van der Waals surface area contributed by atoms with E-state index in [1.54, 1.807) is 6.07 Å². The monoisotopic (exact) mass is 875 g/mol. The van der Waals surface area contributed by atoms with E-state index in [-0.39, 0.29) is 16.7 Å². The molecular weight excluding hydrogens is 841 g/mol. The van der Waals surface area contributed by atoms with Crippen LogP contribution in [0, 0.1) is 23.0 Å². The van der Waals surface area contributed by atoms with Crippen LogP contribution in [0.4, 0.5) is 8.78 Å². The van der Waals surface area contributed by atoms with Gasteiger partial charge >= 0.3 is 0 Å². The molecule has 0 spiro atoms. The molecule has 0 bridgehead atoms. The van der Waals surface area contributed by atoms with E-state index in [0.717, 1.165) is 87.8 Å². The van der Waals surface area contributed by atoms with Crippen molar-refractivity contribution in [2.24, 2.45) is 0 Å². The van der Waals surface area contributed by atoms with Gasteiger partial charge in [0.15, 0.2) is 0 Å². The average Bonchev–Trinajstić information content (AvgIpc) is 4.11. The zero-order chi connectivity index (χ0) is 45.2. The molecule has 0 saturated heterocycles. The van der Waals surface area contributed by atoms with Crippen LogP contribution in [0.1, 0.15) is 5.56 Å². The number of hydrogen-bond acceptors (Lipinski definition) is 1. The topological polar surface area (TPSA) is 43.5 Å². The Balaban J connectivity index is 1.06. The van der Waals surface area contributed by atoms with Gasteiger partial charge in [0.1, 0.15) is 23.3 Å². The second-order valence-corrected chi connectivity index (χ2v) is 17.4. The molecule has 14 aromatic rings. The summed E-state index contributed by atoms with van der Waals surface area (Å²) in [5.41, 5.74) is 11.1. The van der Waals surface area contributed by atoms with Crippen molar-refractivity contribution in [2.75, 3.05) is 0 Å². The lowest BCUT2D eigenvalue weighted by Gasteiger charge is -2.20. The lowest BCUT2D eigenvalue weighted by Crippen LogP contribution is -2.07. The number of fused-ring (bicyclic) bond motifs is 12. The standard InChI is InChI=1S/C61H35F2N5/c62-49-20-13-21-50(63)60(49)45-30-33-59(67-55-26-11-5-18-43(55)46-34-37(28-31-57(46)67)65-51-22-7-1-14-39(51)40-15-2-8-23-52(40)65)48(36-64)61(45)68-56-27-12-6-19-44(56)47-35-38(29-32-58(47)68)66-53-24-9-3-16-41(53)42-17-4-10-25-54(42)66/h1-35H. The van der Waals surface area contributed by atoms with Crippen molar-refractivity contribution in [3.8, 4) is 39.9 Å². The van der Waals surface area contributed by atoms with Gasteiger partial charge in [0.2, 0.25) is 0 Å². The number of nitrogens with zero attached hydrogens (tertiary/aromatic N) is 5. The number of benzene rings is 10. The van der Waals surface area contributed by atoms with Gasteiger partial charge in [-0.15, -0.1) is 0 Å². The van der Waals surface area contributed by atoms with Crippen LogP contribution in [-0.2, 0) is 0 Å². The fourth-order valence-electron chi connectivity index (χ4n) is 11.2. The highest BCUT2D eigenvalue weighted by Crippen LogP contribution is 2.44. The molecule has 0 fully saturated rings. The number of halogens is 2. The van der Waals surface area contributed by atoms with Gasteiger partial charge in [0.05, 0.1) is 61.1 Å². The zero-order valence-corrected chi connectivity index (χ0v) is 36.2. The lowest BCUT2D eigenvalue weighted by molar-refractivity contribution is 0.589. The largest absolute Gasteiger partial charge is 0.309 e. The number of hydrogen-bond donors (Lipinski definition) is 0. The van der Waals surface area contributed by atoms with Gasteiger partial charge in [-0.2, -0.15) is 5.26 Å². The third-order valence-electron chi connectivity index (χ3n) is 14.0. The fraction of sp³-hybridized carbons (Fsp3) is 0. The third kappa shape index (κ3) is 5.22. The number of rotatable bonds is 5. The molecule has 0 aliphatic rings. The first kappa shape index (κ1) is 38.1. The van der Waals surface area contributed by atoms with Crippen molar-refractivity contribution < 1.29 is 8.78 Å². The Morgan fingerprint density at radius 3 is 1.10 bits per heavy atom. The van der Waals surface area contributed by atoms with Gasteiger partial charge in [-0.3, -0.25) is 0 Å². The SMILES string of the molecule is N#Cc1c(-n2c3ccccc3c3cc(-n4c5ccccc5c5ccccc54)ccc32)ccc(-c2c(F)cccc2F)c1-n1c2ccccc2c2cc(-n3c4ccccc4c4ccccc43)ccc21. The van der Waals surface area contributed by atoms with Crippen molar-refractivity contribution in [3.63, 3.8) is 0 Å². The Morgan fingerprint density at radius 1 is 0.324 bits per heavy atom. The van der Waals surface area contributed by atoms with Crippen LogP contribution in [0.5, 0.6) is 0 Å². The number of para-hydroxylation sites is 6. The molecule has 4 aromatic heterocycles. The van der Waals surface area contributed by atoms with Crippen LogP contribution >= 0.6 is 0 Å². The Labute approximate surface area is 387 Å². The second-order valence-electron chi connectivity index (χ2n) is 17.4. The van der Waals surface area contributed by atoms with Gasteiger partial charge in [0.25, 0.3) is 0 Å². The van der Waals surface area contributed by atoms with Crippen LogP contribution in [-0.4, -0.2) is 18.3 Å². The first-order valence-electron chi connectivity index (χ1n) is 22.6. The first-order chi connectivity index (χ1) is 33.6. The molecule has 0 unspecified atom stereocenters. The minimum atomic E-state index is -0.716. The summed E-state index contributed by atoms with van der Waals surface area (Å²) >= 11 is 0. The Morgan fingerprint density at radius 2 is 0.676 bits per heavy atom. The molecular formula is C61H35F2N5. The molecule has 0 N–H and O–H groups in total. The van der Waals surface area contributed by atoms with Crippen LogP contribution in [0.3, 0.4) is 0 Å². The summed E-state index contributed by atoms with van der Waals surface area (Å²) in [5, 5.41) is 20.2. The highest BCUT2D eigenvalue weighted by molar-refractivity contribution is 6.15. The first-order valence-corrected chi connectivity index (χ1v) is 22.6. The Bertz CT molecular complexity index is 4370. The third-order valence-corrected chi connectivity index (χ3v) is 14.0. The minimum Gasteiger partial charge on any atom is -0.309 e. The summed E-state index contributed by atoms with van der Waals surface area (Å²) in [7, 11) is 0. The molecule has 68 heavy (non-hydrogen) atoms. The fourth-order valence-corrected chi connectivity index (χ4v) is 11.2. The van der Waals surface area contributed by atoms with Gasteiger partial charge in [-0.05, 0) is 97.1 Å². The Hall–Kier alpha value is -9.25. The van der Waals surface area contributed by atoms with E-state index >= 15 is 8.78 Å². The highest BCUT2D eigenvalue weighted by Gasteiger charge is 2.27. The van der Waals surface area contributed by atoms with Gasteiger partial charge in [-0.1, -0.05) is 115 Å². The zero-order valence-electron chi connectivity index (χ0n) is 36.2. The van der Waals surface area contributed by atoms with Crippen molar-refractivity contribution >= 4 is 87.2 Å². The molecule has 5 nitrogen and oxygen atoms in total. The van der Waals surface area contributed by atoms with Crippen LogP contribution in [0.2, 0.25) is 0 Å². The maximum absolute atomic E-state index is 16.3. The summed E-state index contributed by atoms with van der Waals surface area (Å²) in [6, 6.07) is 73.0. The van der Waals surface area contributed by atoms with Gasteiger partial charge in [-0.25, -0.2) is 8.78 Å². The minimum absolute atomic E-state index is 0.198. The Kier molecular flexibility index (Phi) is 8.05. The van der Waals surface area contributed by atoms with Gasteiger partial charge in [0, 0.05) is 60.0 Å². The summed E-state index contributed by atoms with van der Waals surface area (Å²) in [6.07, 6.45) is 0. The van der Waals surface area contributed by atoms with Crippen molar-refractivity contribution in [2.45, 2.75) is 0 Å². The predicted octanol–water partition coefficient (Wildman–Crippen LogP) is 15.9. The van der Waals surface area contributed by atoms with E-state index in [9.17, 15) is 5.26 Å². The van der Waals surface area contributed by atoms with E-state index in [1.807, 2.05) is 41.0 Å².